The summed E-state index contributed by atoms with van der Waals surface area (Å²) in [6.45, 7) is 0. The van der Waals surface area contributed by atoms with Gasteiger partial charge in [-0.15, -0.1) is 0 Å². The predicted molar refractivity (Wildman–Crippen MR) is 304 cm³/mol. The minimum absolute atomic E-state index is 1.08. The summed E-state index contributed by atoms with van der Waals surface area (Å²) in [6.07, 6.45) is 0. The van der Waals surface area contributed by atoms with Crippen LogP contribution in [0.2, 0.25) is 0 Å². The molecule has 0 aliphatic heterocycles. The number of nitrogens with zero attached hydrogens (tertiary/aromatic N) is 1. The first-order valence-electron chi connectivity index (χ1n) is 24.5. The highest BCUT2D eigenvalue weighted by atomic mass is 15.1. The van der Waals surface area contributed by atoms with Crippen molar-refractivity contribution < 1.29 is 0 Å². The molecule has 71 heavy (non-hydrogen) atoms. The second kappa shape index (κ2) is 18.0. The first kappa shape index (κ1) is 41.9. The van der Waals surface area contributed by atoms with E-state index in [1.165, 1.54) is 104 Å². The highest BCUT2D eigenvalue weighted by Gasteiger charge is 2.20. The molecule has 0 amide bonds. The van der Waals surface area contributed by atoms with Crippen LogP contribution in [0.15, 0.2) is 285 Å². The van der Waals surface area contributed by atoms with Gasteiger partial charge in [-0.1, -0.05) is 243 Å². The lowest BCUT2D eigenvalue weighted by Gasteiger charge is -2.26. The van der Waals surface area contributed by atoms with E-state index in [2.05, 4.69) is 290 Å². The normalized spacial score (nSPS) is 11.4. The van der Waals surface area contributed by atoms with Crippen LogP contribution < -0.4 is 4.90 Å². The summed E-state index contributed by atoms with van der Waals surface area (Å²) in [5.74, 6) is 0. The van der Waals surface area contributed by atoms with Crippen LogP contribution in [-0.2, 0) is 0 Å². The van der Waals surface area contributed by atoms with Gasteiger partial charge in [-0.3, -0.25) is 0 Å². The fraction of sp³-hybridized carbons (Fsp3) is 0. The number of hydrogen-bond donors (Lipinski definition) is 0. The van der Waals surface area contributed by atoms with Crippen molar-refractivity contribution in [2.75, 3.05) is 4.90 Å². The van der Waals surface area contributed by atoms with E-state index in [4.69, 9.17) is 0 Å². The largest absolute Gasteiger partial charge is 0.310 e. The third-order valence-corrected chi connectivity index (χ3v) is 14.3. The van der Waals surface area contributed by atoms with Gasteiger partial charge in [-0.05, 0) is 152 Å². The van der Waals surface area contributed by atoms with Gasteiger partial charge >= 0.3 is 0 Å². The van der Waals surface area contributed by atoms with Gasteiger partial charge in [0, 0.05) is 17.1 Å². The molecule has 0 aliphatic carbocycles. The molecule has 1 heteroatoms. The molecule has 0 aliphatic rings. The third-order valence-electron chi connectivity index (χ3n) is 14.3. The monoisotopic (exact) mass is 901 g/mol. The van der Waals surface area contributed by atoms with Crippen molar-refractivity contribution in [1.29, 1.82) is 0 Å². The molecule has 0 saturated heterocycles. The van der Waals surface area contributed by atoms with Crippen LogP contribution in [0.3, 0.4) is 0 Å². The van der Waals surface area contributed by atoms with E-state index in [1.54, 1.807) is 0 Å². The quantitative estimate of drug-likeness (QED) is 0.131. The summed E-state index contributed by atoms with van der Waals surface area (Å²) in [5, 5.41) is 10.0. The van der Waals surface area contributed by atoms with Gasteiger partial charge in [0.2, 0.25) is 0 Å². The van der Waals surface area contributed by atoms with Crippen LogP contribution in [0.25, 0.3) is 110 Å². The Hall–Kier alpha value is -9.30. The Labute approximate surface area is 414 Å². The smallest absolute Gasteiger partial charge is 0.0467 e. The average molecular weight is 902 g/mol. The maximum absolute atomic E-state index is 2.42. The molecule has 0 bridgehead atoms. The Morgan fingerprint density at radius 3 is 1.14 bits per heavy atom. The van der Waals surface area contributed by atoms with Gasteiger partial charge < -0.3 is 4.90 Å². The molecule has 0 saturated carbocycles. The van der Waals surface area contributed by atoms with E-state index < -0.39 is 0 Å². The Balaban J connectivity index is 0.924. The summed E-state index contributed by atoms with van der Waals surface area (Å²) in [5.41, 5.74) is 17.7. The topological polar surface area (TPSA) is 3.24 Å². The summed E-state index contributed by atoms with van der Waals surface area (Å²) in [7, 11) is 0. The van der Waals surface area contributed by atoms with E-state index in [0.717, 1.165) is 22.6 Å². The van der Waals surface area contributed by atoms with E-state index in [0.29, 0.717) is 0 Å². The molecule has 13 aromatic carbocycles. The Kier molecular flexibility index (Phi) is 10.6. The maximum atomic E-state index is 2.42. The molecule has 1 nitrogen and oxygen atoms in total. The zero-order chi connectivity index (χ0) is 47.1. The second-order valence-electron chi connectivity index (χ2n) is 18.4. The molecule has 0 heterocycles. The minimum atomic E-state index is 1.08. The van der Waals surface area contributed by atoms with E-state index in [1.807, 2.05) is 0 Å². The molecule has 13 aromatic rings. The SMILES string of the molecule is c1ccc(-c2c(-c3ccccc3)c3cc(-c4cccc(N(c5ccc(-c6ccc(-c7cccc8ccccc78)cc6)cc5)c5ccc(-c6cccc7ccccc67)cc5)c4)ccc3c3ccccc23)cc1. The lowest BCUT2D eigenvalue weighted by atomic mass is 9.84. The molecule has 0 fully saturated rings. The van der Waals surface area contributed by atoms with Crippen molar-refractivity contribution in [2.45, 2.75) is 0 Å². The van der Waals surface area contributed by atoms with E-state index in [-0.39, 0.29) is 0 Å². The predicted octanol–water partition coefficient (Wildman–Crippen LogP) is 19.8. The highest BCUT2D eigenvalue weighted by Crippen LogP contribution is 2.46. The fourth-order valence-corrected chi connectivity index (χ4v) is 10.8. The first-order chi connectivity index (χ1) is 35.2. The first-order valence-corrected chi connectivity index (χ1v) is 24.5. The molecule has 0 aromatic heterocycles. The zero-order valence-electron chi connectivity index (χ0n) is 39.1. The summed E-state index contributed by atoms with van der Waals surface area (Å²) >= 11 is 0. The maximum Gasteiger partial charge on any atom is 0.0467 e. The van der Waals surface area contributed by atoms with Gasteiger partial charge in [0.25, 0.3) is 0 Å². The van der Waals surface area contributed by atoms with E-state index >= 15 is 0 Å². The van der Waals surface area contributed by atoms with Crippen molar-refractivity contribution in [3.63, 3.8) is 0 Å². The van der Waals surface area contributed by atoms with Crippen molar-refractivity contribution in [3.8, 4) is 66.8 Å². The number of anilines is 3. The van der Waals surface area contributed by atoms with Gasteiger partial charge in [0.15, 0.2) is 0 Å². The Morgan fingerprint density at radius 1 is 0.183 bits per heavy atom. The molecule has 0 spiro atoms. The molecule has 0 unspecified atom stereocenters. The lowest BCUT2D eigenvalue weighted by Crippen LogP contribution is -2.10. The standard InChI is InChI=1S/C70H47N/c1-3-18-54(19-4-1)69-67-29-12-11-28-65(67)66-45-40-57(47-68(66)70(69)55-20-5-2-6-21-55)56-24-13-25-60(46-56)71(59-43-38-53(39-44-59)64-31-15-23-51-17-8-10-27-62(51)64)58-41-36-49(37-42-58)48-32-34-52(35-33-48)63-30-14-22-50-16-7-9-26-61(50)63/h1-47H. The van der Waals surface area contributed by atoms with Crippen molar-refractivity contribution >= 4 is 60.2 Å². The molecular formula is C70H47N. The Morgan fingerprint density at radius 2 is 0.563 bits per heavy atom. The second-order valence-corrected chi connectivity index (χ2v) is 18.4. The minimum Gasteiger partial charge on any atom is -0.310 e. The number of benzene rings is 13. The lowest BCUT2D eigenvalue weighted by molar-refractivity contribution is 1.28. The van der Waals surface area contributed by atoms with Crippen LogP contribution >= 0.6 is 0 Å². The van der Waals surface area contributed by atoms with Crippen molar-refractivity contribution in [1.82, 2.24) is 0 Å². The van der Waals surface area contributed by atoms with Gasteiger partial charge in [0.1, 0.15) is 0 Å². The van der Waals surface area contributed by atoms with E-state index in [9.17, 15) is 0 Å². The van der Waals surface area contributed by atoms with Crippen molar-refractivity contribution in [3.05, 3.63) is 285 Å². The van der Waals surface area contributed by atoms with Crippen LogP contribution in [0, 0.1) is 0 Å². The summed E-state index contributed by atoms with van der Waals surface area (Å²) in [6, 6.07) is 104. The van der Waals surface area contributed by atoms with Crippen molar-refractivity contribution in [2.24, 2.45) is 0 Å². The third kappa shape index (κ3) is 7.71. The van der Waals surface area contributed by atoms with Crippen LogP contribution in [0.4, 0.5) is 17.1 Å². The summed E-state index contributed by atoms with van der Waals surface area (Å²) < 4.78 is 0. The summed E-state index contributed by atoms with van der Waals surface area (Å²) in [4.78, 5) is 2.39. The fourth-order valence-electron chi connectivity index (χ4n) is 10.8. The Bertz CT molecular complexity index is 4050. The van der Waals surface area contributed by atoms with Gasteiger partial charge in [-0.2, -0.15) is 0 Å². The van der Waals surface area contributed by atoms with Gasteiger partial charge in [0.05, 0.1) is 0 Å². The number of rotatable bonds is 9. The molecular weight excluding hydrogens is 855 g/mol. The average Bonchev–Trinajstić information content (AvgIpc) is 3.45. The van der Waals surface area contributed by atoms with Gasteiger partial charge in [-0.25, -0.2) is 0 Å². The molecule has 332 valence electrons. The molecule has 0 atom stereocenters. The zero-order valence-corrected chi connectivity index (χ0v) is 39.1. The number of hydrogen-bond acceptors (Lipinski definition) is 1. The van der Waals surface area contributed by atoms with Crippen LogP contribution in [0.5, 0.6) is 0 Å². The highest BCUT2D eigenvalue weighted by molar-refractivity contribution is 6.22. The van der Waals surface area contributed by atoms with Crippen LogP contribution in [-0.4, -0.2) is 0 Å². The van der Waals surface area contributed by atoms with Crippen LogP contribution in [0.1, 0.15) is 0 Å². The number of fused-ring (bicyclic) bond motifs is 5. The molecule has 0 radical (unpaired) electrons. The molecule has 0 N–H and O–H groups in total. The molecule has 13 rings (SSSR count).